The molecule has 1 aliphatic rings. The first-order valence-electron chi connectivity index (χ1n) is 4.99. The Balaban J connectivity index is 2.26. The van der Waals surface area contributed by atoms with Gasteiger partial charge in [0, 0.05) is 19.1 Å². The van der Waals surface area contributed by atoms with Gasteiger partial charge < -0.3 is 4.74 Å². The Morgan fingerprint density at radius 2 is 1.92 bits per heavy atom. The van der Waals surface area contributed by atoms with Gasteiger partial charge in [0.05, 0.1) is 12.2 Å². The largest absolute Gasteiger partial charge is 0.374 e. The lowest BCUT2D eigenvalue weighted by Gasteiger charge is -2.20. The van der Waals surface area contributed by atoms with E-state index in [9.17, 15) is 0 Å². The summed E-state index contributed by atoms with van der Waals surface area (Å²) < 4.78 is 5.75. The van der Waals surface area contributed by atoms with Gasteiger partial charge in [-0.25, -0.2) is 0 Å². The maximum absolute atomic E-state index is 5.75. The summed E-state index contributed by atoms with van der Waals surface area (Å²) in [5, 5.41) is 0. The summed E-state index contributed by atoms with van der Waals surface area (Å²) >= 11 is 0. The zero-order chi connectivity index (χ0) is 9.14. The van der Waals surface area contributed by atoms with E-state index in [0.717, 1.165) is 6.54 Å². The highest BCUT2D eigenvalue weighted by Gasteiger charge is 2.24. The number of rotatable bonds is 3. The lowest BCUT2D eigenvalue weighted by atomic mass is 10.3. The Morgan fingerprint density at radius 1 is 1.25 bits per heavy atom. The Morgan fingerprint density at radius 3 is 2.33 bits per heavy atom. The minimum absolute atomic E-state index is 0.377. The summed E-state index contributed by atoms with van der Waals surface area (Å²) in [7, 11) is 0. The van der Waals surface area contributed by atoms with Crippen LogP contribution in [-0.2, 0) is 4.74 Å². The summed E-state index contributed by atoms with van der Waals surface area (Å²) in [5.41, 5.74) is 0. The Kier molecular flexibility index (Phi) is 3.53. The summed E-state index contributed by atoms with van der Waals surface area (Å²) in [6.45, 7) is 11.0. The van der Waals surface area contributed by atoms with Gasteiger partial charge in [-0.05, 0) is 34.1 Å². The van der Waals surface area contributed by atoms with Crippen LogP contribution >= 0.6 is 0 Å². The van der Waals surface area contributed by atoms with Gasteiger partial charge in [0.2, 0.25) is 0 Å². The van der Waals surface area contributed by atoms with Crippen LogP contribution in [0.25, 0.3) is 0 Å². The molecule has 0 unspecified atom stereocenters. The molecule has 0 N–H and O–H groups in total. The Hall–Kier alpha value is -0.0800. The first-order chi connectivity index (χ1) is 5.59. The molecule has 1 aliphatic heterocycles. The molecule has 1 heterocycles. The van der Waals surface area contributed by atoms with Crippen molar-refractivity contribution in [3.05, 3.63) is 0 Å². The number of likely N-dealkylation sites (tertiary alicyclic amines) is 1. The smallest absolute Gasteiger partial charge is 0.0717 e. The number of hydrogen-bond acceptors (Lipinski definition) is 2. The molecule has 0 amide bonds. The third kappa shape index (κ3) is 2.76. The van der Waals surface area contributed by atoms with E-state index in [4.69, 9.17) is 4.74 Å². The highest BCUT2D eigenvalue weighted by molar-refractivity contribution is 4.78. The molecule has 0 aliphatic carbocycles. The van der Waals surface area contributed by atoms with Crippen LogP contribution in [0.2, 0.25) is 0 Å². The quantitative estimate of drug-likeness (QED) is 0.643. The van der Waals surface area contributed by atoms with Crippen molar-refractivity contribution in [3.8, 4) is 0 Å². The van der Waals surface area contributed by atoms with Crippen LogP contribution in [0.3, 0.4) is 0 Å². The van der Waals surface area contributed by atoms with Gasteiger partial charge in [-0.2, -0.15) is 0 Å². The van der Waals surface area contributed by atoms with E-state index in [2.05, 4.69) is 32.6 Å². The lowest BCUT2D eigenvalue weighted by molar-refractivity contribution is 0.0124. The molecule has 2 heteroatoms. The minimum Gasteiger partial charge on any atom is -0.374 e. The zero-order valence-corrected chi connectivity index (χ0v) is 8.71. The van der Waals surface area contributed by atoms with E-state index in [0.29, 0.717) is 18.2 Å². The molecule has 0 bridgehead atoms. The average molecular weight is 171 g/mol. The van der Waals surface area contributed by atoms with Gasteiger partial charge in [-0.15, -0.1) is 0 Å². The molecule has 1 atom stereocenters. The molecule has 1 rings (SSSR count). The summed E-state index contributed by atoms with van der Waals surface area (Å²) in [5.74, 6) is 0. The summed E-state index contributed by atoms with van der Waals surface area (Å²) in [4.78, 5) is 2.48. The predicted octanol–water partition coefficient (Wildman–Crippen LogP) is 1.89. The van der Waals surface area contributed by atoms with Crippen molar-refractivity contribution in [1.82, 2.24) is 4.90 Å². The Bertz CT molecular complexity index is 134. The zero-order valence-electron chi connectivity index (χ0n) is 8.71. The number of hydrogen-bond donors (Lipinski definition) is 0. The third-order valence-electron chi connectivity index (χ3n) is 2.37. The summed E-state index contributed by atoms with van der Waals surface area (Å²) in [6, 6.07) is 0.672. The topological polar surface area (TPSA) is 12.5 Å². The van der Waals surface area contributed by atoms with Crippen LogP contribution < -0.4 is 0 Å². The summed E-state index contributed by atoms with van der Waals surface area (Å²) in [6.07, 6.45) is 2.06. The van der Waals surface area contributed by atoms with E-state index in [1.54, 1.807) is 0 Å². The number of nitrogens with zero attached hydrogens (tertiary/aromatic N) is 1. The van der Waals surface area contributed by atoms with Crippen LogP contribution in [0.5, 0.6) is 0 Å². The van der Waals surface area contributed by atoms with Crippen molar-refractivity contribution in [2.45, 2.75) is 52.4 Å². The van der Waals surface area contributed by atoms with E-state index >= 15 is 0 Å². The average Bonchev–Trinajstić information content (AvgIpc) is 2.34. The number of ether oxygens (including phenoxy) is 1. The molecule has 0 radical (unpaired) electrons. The van der Waals surface area contributed by atoms with Crippen molar-refractivity contribution in [2.75, 3.05) is 13.1 Å². The molecule has 0 aromatic carbocycles. The van der Waals surface area contributed by atoms with Gasteiger partial charge in [0.25, 0.3) is 0 Å². The minimum atomic E-state index is 0.377. The Labute approximate surface area is 75.9 Å². The maximum Gasteiger partial charge on any atom is 0.0717 e. The molecular formula is C10H21NO. The van der Waals surface area contributed by atoms with Crippen molar-refractivity contribution >= 4 is 0 Å². The van der Waals surface area contributed by atoms with Crippen LogP contribution in [-0.4, -0.2) is 36.2 Å². The molecule has 12 heavy (non-hydrogen) atoms. The first-order valence-corrected chi connectivity index (χ1v) is 4.99. The standard InChI is InChI=1S/C10H21NO/c1-8(2)11-6-5-10(7-11)12-9(3)4/h8-10H,5-7H2,1-4H3/t10-/m0/s1. The van der Waals surface area contributed by atoms with Crippen molar-refractivity contribution in [3.63, 3.8) is 0 Å². The second-order valence-corrected chi connectivity index (χ2v) is 4.18. The fourth-order valence-electron chi connectivity index (χ4n) is 1.72. The second-order valence-electron chi connectivity index (χ2n) is 4.18. The molecular weight excluding hydrogens is 150 g/mol. The van der Waals surface area contributed by atoms with Crippen molar-refractivity contribution < 1.29 is 4.74 Å². The van der Waals surface area contributed by atoms with Gasteiger partial charge >= 0.3 is 0 Å². The van der Waals surface area contributed by atoms with Crippen LogP contribution in [0.15, 0.2) is 0 Å². The predicted molar refractivity (Wildman–Crippen MR) is 51.3 cm³/mol. The highest BCUT2D eigenvalue weighted by Crippen LogP contribution is 2.16. The molecule has 1 saturated heterocycles. The van der Waals surface area contributed by atoms with Crippen molar-refractivity contribution in [2.24, 2.45) is 0 Å². The molecule has 0 spiro atoms. The normalized spacial score (nSPS) is 26.0. The van der Waals surface area contributed by atoms with Crippen molar-refractivity contribution in [1.29, 1.82) is 0 Å². The SMILES string of the molecule is CC(C)O[C@H]1CCN(C(C)C)C1. The fourth-order valence-corrected chi connectivity index (χ4v) is 1.72. The fraction of sp³-hybridized carbons (Fsp3) is 1.00. The van der Waals surface area contributed by atoms with E-state index in [1.165, 1.54) is 13.0 Å². The van der Waals surface area contributed by atoms with Gasteiger partial charge in [-0.3, -0.25) is 4.90 Å². The third-order valence-corrected chi connectivity index (χ3v) is 2.37. The van der Waals surface area contributed by atoms with Crippen LogP contribution in [0.4, 0.5) is 0 Å². The maximum atomic E-state index is 5.75. The van der Waals surface area contributed by atoms with Gasteiger partial charge in [0.15, 0.2) is 0 Å². The van der Waals surface area contributed by atoms with Gasteiger partial charge in [-0.1, -0.05) is 0 Å². The molecule has 0 aromatic heterocycles. The van der Waals surface area contributed by atoms with E-state index in [1.807, 2.05) is 0 Å². The molecule has 1 fully saturated rings. The molecule has 2 nitrogen and oxygen atoms in total. The highest BCUT2D eigenvalue weighted by atomic mass is 16.5. The monoisotopic (exact) mass is 171 g/mol. The molecule has 0 aromatic rings. The second kappa shape index (κ2) is 4.24. The van der Waals surface area contributed by atoms with Crippen LogP contribution in [0.1, 0.15) is 34.1 Å². The van der Waals surface area contributed by atoms with E-state index < -0.39 is 0 Å². The lowest BCUT2D eigenvalue weighted by Crippen LogP contribution is -2.30. The van der Waals surface area contributed by atoms with E-state index in [-0.39, 0.29) is 0 Å². The van der Waals surface area contributed by atoms with Gasteiger partial charge in [0.1, 0.15) is 0 Å². The first kappa shape index (κ1) is 10.0. The molecule has 72 valence electrons. The van der Waals surface area contributed by atoms with Crippen LogP contribution in [0, 0.1) is 0 Å². The molecule has 0 saturated carbocycles.